The van der Waals surface area contributed by atoms with E-state index < -0.39 is 0 Å². The number of carbonyl (C=O) groups is 1. The highest BCUT2D eigenvalue weighted by atomic mass is 35.5. The number of amides is 1. The molecule has 0 spiro atoms. The Kier molecular flexibility index (Phi) is 6.78. The first-order valence-electron chi connectivity index (χ1n) is 11.0. The van der Waals surface area contributed by atoms with Crippen molar-refractivity contribution in [1.82, 2.24) is 24.6 Å². The molecule has 1 amide bonds. The summed E-state index contributed by atoms with van der Waals surface area (Å²) < 4.78 is 1.98. The van der Waals surface area contributed by atoms with E-state index in [1.165, 1.54) is 11.8 Å². The number of hydrogen-bond donors (Lipinski definition) is 0. The number of carbonyl (C=O) groups excluding carboxylic acids is 1. The molecule has 2 aromatic heterocycles. The minimum atomic E-state index is 0.103. The number of hydrogen-bond acceptors (Lipinski definition) is 6. The second kappa shape index (κ2) is 10.3. The lowest BCUT2D eigenvalue weighted by atomic mass is 10.2. The van der Waals surface area contributed by atoms with Gasteiger partial charge in [-0.05, 0) is 48.5 Å². The van der Waals surface area contributed by atoms with Crippen LogP contribution in [0.15, 0.2) is 84.3 Å². The zero-order chi connectivity index (χ0) is 23.3. The molecular weight excluding hydrogens is 468 g/mol. The number of aromatic nitrogens is 4. The lowest BCUT2D eigenvalue weighted by molar-refractivity contribution is -0.128. The van der Waals surface area contributed by atoms with Crippen molar-refractivity contribution >= 4 is 35.0 Å². The molecule has 0 atom stereocenters. The second-order valence-corrected chi connectivity index (χ2v) is 9.23. The van der Waals surface area contributed by atoms with Crippen molar-refractivity contribution in [2.75, 3.05) is 36.8 Å². The Balaban J connectivity index is 1.27. The summed E-state index contributed by atoms with van der Waals surface area (Å²) in [4.78, 5) is 21.4. The zero-order valence-electron chi connectivity index (χ0n) is 18.4. The molecule has 172 valence electrons. The molecular formula is C25H23ClN6OS. The van der Waals surface area contributed by atoms with Crippen molar-refractivity contribution in [3.63, 3.8) is 0 Å². The van der Waals surface area contributed by atoms with Crippen molar-refractivity contribution < 1.29 is 4.79 Å². The van der Waals surface area contributed by atoms with Gasteiger partial charge in [0.1, 0.15) is 0 Å². The van der Waals surface area contributed by atoms with Crippen molar-refractivity contribution in [1.29, 1.82) is 0 Å². The maximum Gasteiger partial charge on any atom is 0.233 e. The quantitative estimate of drug-likeness (QED) is 0.373. The Morgan fingerprint density at radius 3 is 2.35 bits per heavy atom. The highest BCUT2D eigenvalue weighted by molar-refractivity contribution is 7.99. The summed E-state index contributed by atoms with van der Waals surface area (Å²) in [5.74, 6) is 1.11. The molecule has 1 aliphatic rings. The SMILES string of the molecule is O=C(CSc1nnc(-c2cccnc2)n1-c1ccccc1)N1CCN(c2ccc(Cl)cc2)CC1. The van der Waals surface area contributed by atoms with Gasteiger partial charge in [-0.15, -0.1) is 10.2 Å². The summed E-state index contributed by atoms with van der Waals surface area (Å²) in [6, 6.07) is 21.6. The third-order valence-electron chi connectivity index (χ3n) is 5.72. The summed E-state index contributed by atoms with van der Waals surface area (Å²) in [7, 11) is 0. The Morgan fingerprint density at radius 2 is 1.65 bits per heavy atom. The van der Waals surface area contributed by atoms with Crippen LogP contribution >= 0.6 is 23.4 Å². The van der Waals surface area contributed by atoms with Crippen LogP contribution < -0.4 is 4.90 Å². The number of thioether (sulfide) groups is 1. The topological polar surface area (TPSA) is 67.2 Å². The van der Waals surface area contributed by atoms with Crippen molar-refractivity contribution in [3.8, 4) is 17.1 Å². The number of anilines is 1. The van der Waals surface area contributed by atoms with Gasteiger partial charge in [0.25, 0.3) is 0 Å². The van der Waals surface area contributed by atoms with Gasteiger partial charge >= 0.3 is 0 Å². The Bertz CT molecular complexity index is 1240. The summed E-state index contributed by atoms with van der Waals surface area (Å²) in [6.45, 7) is 2.97. The van der Waals surface area contributed by atoms with Gasteiger partial charge in [0.2, 0.25) is 5.91 Å². The molecule has 2 aromatic carbocycles. The Labute approximate surface area is 207 Å². The van der Waals surface area contributed by atoms with Gasteiger partial charge < -0.3 is 9.80 Å². The van der Waals surface area contributed by atoms with Crippen molar-refractivity contribution in [2.45, 2.75) is 5.16 Å². The van der Waals surface area contributed by atoms with Crippen LogP contribution in [0.5, 0.6) is 0 Å². The van der Waals surface area contributed by atoms with Crippen LogP contribution in [0, 0.1) is 0 Å². The van der Waals surface area contributed by atoms with Gasteiger partial charge in [0.05, 0.1) is 5.75 Å². The molecule has 0 radical (unpaired) electrons. The summed E-state index contributed by atoms with van der Waals surface area (Å²) >= 11 is 7.41. The van der Waals surface area contributed by atoms with E-state index in [1.54, 1.807) is 12.4 Å². The number of piperazine rings is 1. The third kappa shape index (κ3) is 4.93. The minimum Gasteiger partial charge on any atom is -0.368 e. The number of rotatable bonds is 6. The van der Waals surface area contributed by atoms with Gasteiger partial charge in [0, 0.05) is 60.5 Å². The largest absolute Gasteiger partial charge is 0.368 e. The van der Waals surface area contributed by atoms with Crippen LogP contribution in [0.4, 0.5) is 5.69 Å². The van der Waals surface area contributed by atoms with Crippen LogP contribution in [0.2, 0.25) is 5.02 Å². The first kappa shape index (κ1) is 22.4. The highest BCUT2D eigenvalue weighted by Crippen LogP contribution is 2.28. The van der Waals surface area contributed by atoms with E-state index in [0.717, 1.165) is 35.1 Å². The fourth-order valence-electron chi connectivity index (χ4n) is 3.94. The molecule has 0 aliphatic carbocycles. The average Bonchev–Trinajstić information content (AvgIpc) is 3.33. The lowest BCUT2D eigenvalue weighted by Crippen LogP contribution is -2.49. The predicted molar refractivity (Wildman–Crippen MR) is 136 cm³/mol. The molecule has 1 saturated heterocycles. The number of para-hydroxylation sites is 1. The van der Waals surface area contributed by atoms with E-state index in [1.807, 2.05) is 76.2 Å². The molecule has 0 N–H and O–H groups in total. The molecule has 34 heavy (non-hydrogen) atoms. The van der Waals surface area contributed by atoms with E-state index in [4.69, 9.17) is 11.6 Å². The molecule has 5 rings (SSSR count). The van der Waals surface area contributed by atoms with Gasteiger partial charge in [-0.1, -0.05) is 41.6 Å². The number of nitrogens with zero attached hydrogens (tertiary/aromatic N) is 6. The lowest BCUT2D eigenvalue weighted by Gasteiger charge is -2.36. The molecule has 1 fully saturated rings. The summed E-state index contributed by atoms with van der Waals surface area (Å²) in [5, 5.41) is 10.2. The first-order chi connectivity index (χ1) is 16.7. The normalized spacial score (nSPS) is 13.8. The van der Waals surface area contributed by atoms with Gasteiger partial charge in [-0.3, -0.25) is 14.3 Å². The second-order valence-electron chi connectivity index (χ2n) is 7.85. The standard InChI is InChI=1S/C25H23ClN6OS/c26-20-8-10-21(11-9-20)30-13-15-31(16-14-30)23(33)18-34-25-29-28-24(19-5-4-12-27-17-19)32(25)22-6-2-1-3-7-22/h1-12,17H,13-16,18H2. The van der Waals surface area contributed by atoms with Crippen molar-refractivity contribution in [2.24, 2.45) is 0 Å². The monoisotopic (exact) mass is 490 g/mol. The maximum atomic E-state index is 13.0. The Hall–Kier alpha value is -3.36. The number of pyridine rings is 1. The maximum absolute atomic E-state index is 13.0. The predicted octanol–water partition coefficient (Wildman–Crippen LogP) is 4.42. The smallest absolute Gasteiger partial charge is 0.233 e. The van der Waals surface area contributed by atoms with Crippen LogP contribution in [0.25, 0.3) is 17.1 Å². The van der Waals surface area contributed by atoms with E-state index in [-0.39, 0.29) is 5.91 Å². The molecule has 4 aromatic rings. The van der Waals surface area contributed by atoms with Crippen molar-refractivity contribution in [3.05, 3.63) is 84.1 Å². The van der Waals surface area contributed by atoms with E-state index >= 15 is 0 Å². The average molecular weight is 491 g/mol. The molecule has 3 heterocycles. The Morgan fingerprint density at radius 1 is 0.882 bits per heavy atom. The van der Waals surface area contributed by atoms with Crippen LogP contribution in [-0.2, 0) is 4.79 Å². The molecule has 0 saturated carbocycles. The van der Waals surface area contributed by atoms with E-state index in [0.29, 0.717) is 29.8 Å². The number of benzene rings is 2. The fraction of sp³-hybridized carbons (Fsp3) is 0.200. The van der Waals surface area contributed by atoms with E-state index in [9.17, 15) is 4.79 Å². The van der Waals surface area contributed by atoms with Crippen LogP contribution in [0.1, 0.15) is 0 Å². The van der Waals surface area contributed by atoms with Gasteiger partial charge in [0.15, 0.2) is 11.0 Å². The zero-order valence-corrected chi connectivity index (χ0v) is 20.0. The molecule has 1 aliphatic heterocycles. The summed E-state index contributed by atoms with van der Waals surface area (Å²) in [6.07, 6.45) is 3.50. The van der Waals surface area contributed by atoms with Gasteiger partial charge in [-0.2, -0.15) is 0 Å². The molecule has 7 nitrogen and oxygen atoms in total. The highest BCUT2D eigenvalue weighted by Gasteiger charge is 2.23. The van der Waals surface area contributed by atoms with Crippen LogP contribution in [-0.4, -0.2) is 62.5 Å². The van der Waals surface area contributed by atoms with Crippen LogP contribution in [0.3, 0.4) is 0 Å². The minimum absolute atomic E-state index is 0.103. The first-order valence-corrected chi connectivity index (χ1v) is 12.4. The third-order valence-corrected chi connectivity index (χ3v) is 6.88. The number of halogens is 1. The molecule has 0 unspecified atom stereocenters. The molecule has 9 heteroatoms. The summed E-state index contributed by atoms with van der Waals surface area (Å²) in [5.41, 5.74) is 2.94. The fourth-order valence-corrected chi connectivity index (χ4v) is 4.92. The molecule has 0 bridgehead atoms. The van der Waals surface area contributed by atoms with E-state index in [2.05, 4.69) is 20.1 Å². The van der Waals surface area contributed by atoms with Gasteiger partial charge in [-0.25, -0.2) is 0 Å².